The molecule has 24 aromatic rings. The van der Waals surface area contributed by atoms with Gasteiger partial charge in [0.25, 0.3) is 0 Å². The molecule has 0 saturated carbocycles. The Morgan fingerprint density at radius 3 is 0.802 bits per heavy atom. The third kappa shape index (κ3) is 11.0. The lowest BCUT2D eigenvalue weighted by molar-refractivity contribution is 1.07. The van der Waals surface area contributed by atoms with E-state index in [1.807, 2.05) is 36.4 Å². The molecule has 18 aromatic carbocycles. The molecular formula is C107H67N9. The summed E-state index contributed by atoms with van der Waals surface area (Å²) in [6.07, 6.45) is 0. The van der Waals surface area contributed by atoms with Gasteiger partial charge in [0, 0.05) is 99.2 Å². The molecule has 9 nitrogen and oxygen atoms in total. The Balaban J connectivity index is 0.000000137. The van der Waals surface area contributed by atoms with E-state index in [-0.39, 0.29) is 0 Å². The number of para-hydroxylation sites is 6. The quantitative estimate of drug-likeness (QED) is 0.136. The third-order valence-corrected chi connectivity index (χ3v) is 23.2. The van der Waals surface area contributed by atoms with Crippen molar-refractivity contribution in [2.45, 2.75) is 0 Å². The minimum Gasteiger partial charge on any atom is -0.309 e. The summed E-state index contributed by atoms with van der Waals surface area (Å²) in [5, 5.41) is 19.3. The van der Waals surface area contributed by atoms with Crippen LogP contribution in [0.2, 0.25) is 0 Å². The van der Waals surface area contributed by atoms with Crippen LogP contribution in [-0.4, -0.2) is 43.2 Å². The maximum absolute atomic E-state index is 5.18. The van der Waals surface area contributed by atoms with Gasteiger partial charge in [0.05, 0.1) is 55.5 Å². The summed E-state index contributed by atoms with van der Waals surface area (Å²) in [6, 6.07) is 145. The summed E-state index contributed by atoms with van der Waals surface area (Å²) in [7, 11) is 0. The topological polar surface area (TPSA) is 84.2 Å². The Morgan fingerprint density at radius 2 is 0.414 bits per heavy atom. The van der Waals surface area contributed by atoms with E-state index in [0.717, 1.165) is 89.1 Å². The fraction of sp³-hybridized carbons (Fsp3) is 0. The van der Waals surface area contributed by atoms with Crippen molar-refractivity contribution in [2.24, 2.45) is 0 Å². The first-order chi connectivity index (χ1) is 57.5. The van der Waals surface area contributed by atoms with Crippen molar-refractivity contribution < 1.29 is 0 Å². The van der Waals surface area contributed by atoms with E-state index in [1.54, 1.807) is 0 Å². The van der Waals surface area contributed by atoms with E-state index < -0.39 is 0 Å². The van der Waals surface area contributed by atoms with E-state index >= 15 is 0 Å². The first-order valence-electron chi connectivity index (χ1n) is 39.4. The average molecular weight is 1480 g/mol. The number of hydrogen-bond donors (Lipinski definition) is 0. The highest BCUT2D eigenvalue weighted by atomic mass is 15.0. The van der Waals surface area contributed by atoms with Crippen molar-refractivity contribution in [3.8, 4) is 90.8 Å². The van der Waals surface area contributed by atoms with Crippen LogP contribution in [0.15, 0.2) is 406 Å². The van der Waals surface area contributed by atoms with Crippen molar-refractivity contribution >= 4 is 130 Å². The van der Waals surface area contributed by atoms with Gasteiger partial charge >= 0.3 is 0 Å². The molecule has 116 heavy (non-hydrogen) atoms. The van der Waals surface area contributed by atoms with Gasteiger partial charge in [-0.15, -0.1) is 0 Å². The molecule has 0 bridgehead atoms. The normalized spacial score (nSPS) is 11.8. The zero-order valence-corrected chi connectivity index (χ0v) is 62.7. The summed E-state index contributed by atoms with van der Waals surface area (Å²) in [5.74, 6) is 2.64. The molecule has 9 heteroatoms. The summed E-state index contributed by atoms with van der Waals surface area (Å²) in [6.45, 7) is 0. The van der Waals surface area contributed by atoms with Crippen molar-refractivity contribution in [3.05, 3.63) is 406 Å². The molecule has 24 rings (SSSR count). The van der Waals surface area contributed by atoms with Crippen LogP contribution in [0.25, 0.3) is 221 Å². The molecule has 0 aliphatic rings. The molecular weight excluding hydrogens is 1410 g/mol. The van der Waals surface area contributed by atoms with Crippen LogP contribution in [0.1, 0.15) is 0 Å². The maximum Gasteiger partial charge on any atom is 0.164 e. The predicted molar refractivity (Wildman–Crippen MR) is 482 cm³/mol. The van der Waals surface area contributed by atoms with Crippen LogP contribution in [0.3, 0.4) is 0 Å². The average Bonchev–Trinajstić information content (AvgIpc) is 1.55. The molecule has 0 fully saturated rings. The molecule has 0 radical (unpaired) electrons. The van der Waals surface area contributed by atoms with Crippen molar-refractivity contribution in [1.29, 1.82) is 0 Å². The standard InChI is InChI=1S/C54H34N4.C53H33N5/c1-3-14-37(15-4-1)54-55-46(39-25-23-35-13-7-8-16-38(35)31-39)34-47(56-54)40-26-24-36-27-28-43(33-41(36)32-40)58-49-22-12-10-20-45(49)53-51(58)30-29-50-52(53)44-19-9-11-21-48(44)57(50)42-17-5-2-6-18-42;1-3-14-36(15-4-1)51-54-52(38-25-23-34-13-7-8-16-37(34)31-38)56-53(55-51)39-26-24-35-27-28-42(33-40(35)32-39)58-46-22-12-10-20-44(46)50-48(58)30-29-47-49(50)43-19-9-11-21-45(43)57(47)41-17-5-2-6-18-41/h1-34H;1-33H. The van der Waals surface area contributed by atoms with Crippen LogP contribution in [0.4, 0.5) is 0 Å². The third-order valence-electron chi connectivity index (χ3n) is 23.2. The fourth-order valence-electron chi connectivity index (χ4n) is 17.8. The van der Waals surface area contributed by atoms with Gasteiger partial charge in [-0.25, -0.2) is 24.9 Å². The molecule has 0 aliphatic carbocycles. The number of rotatable bonds is 10. The zero-order valence-electron chi connectivity index (χ0n) is 62.7. The van der Waals surface area contributed by atoms with Crippen LogP contribution >= 0.6 is 0 Å². The second-order valence-electron chi connectivity index (χ2n) is 29.9. The van der Waals surface area contributed by atoms with Gasteiger partial charge in [0.1, 0.15) is 0 Å². The van der Waals surface area contributed by atoms with Gasteiger partial charge in [-0.3, -0.25) is 0 Å². The van der Waals surface area contributed by atoms with E-state index in [0.29, 0.717) is 23.3 Å². The Labute approximate surface area is 666 Å². The Bertz CT molecular complexity index is 7600. The summed E-state index contributed by atoms with van der Waals surface area (Å²) >= 11 is 0. The Kier molecular flexibility index (Phi) is 15.4. The van der Waals surface area contributed by atoms with Gasteiger partial charge in [-0.2, -0.15) is 0 Å². The molecule has 0 unspecified atom stereocenters. The lowest BCUT2D eigenvalue weighted by Crippen LogP contribution is -2.00. The van der Waals surface area contributed by atoms with E-state index in [9.17, 15) is 0 Å². The van der Waals surface area contributed by atoms with Gasteiger partial charge < -0.3 is 18.3 Å². The highest BCUT2D eigenvalue weighted by Crippen LogP contribution is 2.46. The maximum atomic E-state index is 5.18. The highest BCUT2D eigenvalue weighted by molar-refractivity contribution is 6.30. The first kappa shape index (κ1) is 66.1. The number of fused-ring (bicyclic) bond motifs is 18. The second-order valence-corrected chi connectivity index (χ2v) is 29.9. The van der Waals surface area contributed by atoms with E-state index in [2.05, 4.69) is 388 Å². The molecule has 0 amide bonds. The lowest BCUT2D eigenvalue weighted by atomic mass is 10.0. The minimum atomic E-state index is 0.637. The summed E-state index contributed by atoms with van der Waals surface area (Å²) < 4.78 is 9.64. The first-order valence-corrected chi connectivity index (χ1v) is 39.4. The molecule has 540 valence electrons. The van der Waals surface area contributed by atoms with Crippen LogP contribution in [0, 0.1) is 0 Å². The second kappa shape index (κ2) is 27.1. The van der Waals surface area contributed by atoms with Gasteiger partial charge in [0.15, 0.2) is 23.3 Å². The molecule has 0 saturated heterocycles. The lowest BCUT2D eigenvalue weighted by Gasteiger charge is -2.12. The van der Waals surface area contributed by atoms with Crippen molar-refractivity contribution in [3.63, 3.8) is 0 Å². The highest BCUT2D eigenvalue weighted by Gasteiger charge is 2.25. The van der Waals surface area contributed by atoms with Crippen LogP contribution < -0.4 is 0 Å². The van der Waals surface area contributed by atoms with Gasteiger partial charge in [0.2, 0.25) is 0 Å². The van der Waals surface area contributed by atoms with Crippen molar-refractivity contribution in [2.75, 3.05) is 0 Å². The predicted octanol–water partition coefficient (Wildman–Crippen LogP) is 27.4. The van der Waals surface area contributed by atoms with Gasteiger partial charge in [-0.1, -0.05) is 279 Å². The molecule has 0 N–H and O–H groups in total. The fourth-order valence-corrected chi connectivity index (χ4v) is 17.8. The summed E-state index contributed by atoms with van der Waals surface area (Å²) in [4.78, 5) is 25.5. The number of aromatic nitrogens is 9. The molecule has 0 atom stereocenters. The summed E-state index contributed by atoms with van der Waals surface area (Å²) in [5.41, 5.74) is 21.7. The SMILES string of the molecule is c1ccc(-c2nc(-c3ccc4ccccc4c3)cc(-c3ccc4ccc(-n5c6ccccc6c6c7c8ccccc8n(-c8ccccc8)c7ccc65)cc4c3)n2)cc1.c1ccc(-c2nc(-c3ccc4ccccc4c3)nc(-c3ccc4ccc(-n5c6ccccc6c6c7c8ccccc8n(-c8ccccc8)c7ccc65)cc4c3)n2)cc1. The van der Waals surface area contributed by atoms with E-state index in [4.69, 9.17) is 24.9 Å². The zero-order chi connectivity index (χ0) is 76.3. The van der Waals surface area contributed by atoms with Crippen molar-refractivity contribution in [1.82, 2.24) is 43.2 Å². The van der Waals surface area contributed by atoms with Crippen LogP contribution in [-0.2, 0) is 0 Å². The monoisotopic (exact) mass is 1480 g/mol. The smallest absolute Gasteiger partial charge is 0.164 e. The van der Waals surface area contributed by atoms with Crippen LogP contribution in [0.5, 0.6) is 0 Å². The number of nitrogens with zero attached hydrogens (tertiary/aromatic N) is 9. The number of hydrogen-bond acceptors (Lipinski definition) is 5. The Hall–Kier alpha value is -15.7. The molecule has 6 heterocycles. The Morgan fingerprint density at radius 1 is 0.147 bits per heavy atom. The molecule has 0 aliphatic heterocycles. The van der Waals surface area contributed by atoms with E-state index in [1.165, 1.54) is 109 Å². The number of benzene rings is 18. The molecule has 0 spiro atoms. The molecule has 6 aromatic heterocycles. The largest absolute Gasteiger partial charge is 0.309 e. The van der Waals surface area contributed by atoms with Gasteiger partial charge in [-0.05, 0) is 170 Å². The minimum absolute atomic E-state index is 0.637.